The fourth-order valence-electron chi connectivity index (χ4n) is 1.40. The van der Waals surface area contributed by atoms with Gasteiger partial charge in [-0.15, -0.1) is 11.3 Å². The Kier molecular flexibility index (Phi) is 3.93. The maximum Gasteiger partial charge on any atom is 0.113 e. The number of nitrogens with zero attached hydrogens (tertiary/aromatic N) is 3. The van der Waals surface area contributed by atoms with E-state index >= 15 is 0 Å². The Labute approximate surface area is 103 Å². The molecule has 0 aliphatic rings. The van der Waals surface area contributed by atoms with Gasteiger partial charge in [0.1, 0.15) is 15.2 Å². The van der Waals surface area contributed by atoms with Crippen LogP contribution in [0.5, 0.6) is 0 Å². The van der Waals surface area contributed by atoms with Gasteiger partial charge >= 0.3 is 0 Å². The van der Waals surface area contributed by atoms with Gasteiger partial charge in [-0.3, -0.25) is 0 Å². The summed E-state index contributed by atoms with van der Waals surface area (Å²) in [6, 6.07) is 0. The third-order valence-electron chi connectivity index (χ3n) is 2.25. The molecule has 0 amide bonds. The number of imidazole rings is 1. The molecule has 0 aromatic carbocycles. The van der Waals surface area contributed by atoms with Crippen molar-refractivity contribution in [3.05, 3.63) is 33.8 Å². The fraction of sp³-hybridized carbons (Fsp3) is 0.400. The average Bonchev–Trinajstić information content (AvgIpc) is 2.83. The van der Waals surface area contributed by atoms with E-state index in [2.05, 4.69) is 15.3 Å². The van der Waals surface area contributed by atoms with E-state index < -0.39 is 0 Å². The molecule has 2 rings (SSSR count). The zero-order valence-electron chi connectivity index (χ0n) is 8.98. The summed E-state index contributed by atoms with van der Waals surface area (Å²) in [5, 5.41) is 4.33. The molecule has 2 aromatic rings. The number of rotatable bonds is 5. The molecule has 2 aromatic heterocycles. The van der Waals surface area contributed by atoms with Gasteiger partial charge in [-0.2, -0.15) is 0 Å². The first-order valence-corrected chi connectivity index (χ1v) is 6.22. The molecule has 86 valence electrons. The second kappa shape index (κ2) is 5.43. The summed E-state index contributed by atoms with van der Waals surface area (Å²) < 4.78 is 2.77. The van der Waals surface area contributed by atoms with E-state index in [0.717, 1.165) is 34.7 Å². The Bertz CT molecular complexity index is 451. The molecule has 4 nitrogen and oxygen atoms in total. The largest absolute Gasteiger partial charge is 0.338 e. The first-order valence-electron chi connectivity index (χ1n) is 5.03. The standard InChI is InChI=1S/C10H13ClN4S/c1-15-5-4-13-9(15)2-3-12-7-10-14-6-8(11)16-10/h4-6,12H,2-3,7H2,1H3. The molecular formula is C10H13ClN4S. The van der Waals surface area contributed by atoms with Gasteiger partial charge < -0.3 is 9.88 Å². The van der Waals surface area contributed by atoms with Crippen LogP contribution >= 0.6 is 22.9 Å². The summed E-state index contributed by atoms with van der Waals surface area (Å²) in [6.07, 6.45) is 6.37. The highest BCUT2D eigenvalue weighted by Crippen LogP contribution is 2.17. The Balaban J connectivity index is 1.71. The van der Waals surface area contributed by atoms with E-state index in [0.29, 0.717) is 0 Å². The van der Waals surface area contributed by atoms with Crippen molar-refractivity contribution in [3.63, 3.8) is 0 Å². The van der Waals surface area contributed by atoms with Crippen molar-refractivity contribution in [1.82, 2.24) is 19.9 Å². The molecule has 0 aliphatic carbocycles. The molecule has 0 radical (unpaired) electrons. The molecule has 0 saturated heterocycles. The predicted molar refractivity (Wildman–Crippen MR) is 65.7 cm³/mol. The molecule has 0 fully saturated rings. The summed E-state index contributed by atoms with van der Waals surface area (Å²) in [7, 11) is 2.00. The second-order valence-corrected chi connectivity index (χ2v) is 5.19. The van der Waals surface area contributed by atoms with Crippen LogP contribution in [-0.2, 0) is 20.0 Å². The lowest BCUT2D eigenvalue weighted by Gasteiger charge is -2.02. The number of aromatic nitrogens is 3. The zero-order valence-corrected chi connectivity index (χ0v) is 10.6. The van der Waals surface area contributed by atoms with Crippen molar-refractivity contribution in [2.45, 2.75) is 13.0 Å². The lowest BCUT2D eigenvalue weighted by molar-refractivity contribution is 0.653. The van der Waals surface area contributed by atoms with Crippen LogP contribution in [0.4, 0.5) is 0 Å². The Morgan fingerprint density at radius 2 is 2.38 bits per heavy atom. The van der Waals surface area contributed by atoms with Crippen molar-refractivity contribution in [1.29, 1.82) is 0 Å². The van der Waals surface area contributed by atoms with Gasteiger partial charge in [0.2, 0.25) is 0 Å². The van der Waals surface area contributed by atoms with Crippen molar-refractivity contribution < 1.29 is 0 Å². The van der Waals surface area contributed by atoms with Crippen LogP contribution in [0.3, 0.4) is 0 Å². The van der Waals surface area contributed by atoms with Gasteiger partial charge in [-0.05, 0) is 0 Å². The van der Waals surface area contributed by atoms with Gasteiger partial charge in [0, 0.05) is 39.0 Å². The summed E-state index contributed by atoms with van der Waals surface area (Å²) in [4.78, 5) is 8.42. The summed E-state index contributed by atoms with van der Waals surface area (Å²) in [5.74, 6) is 1.09. The highest BCUT2D eigenvalue weighted by atomic mass is 35.5. The van der Waals surface area contributed by atoms with E-state index in [1.165, 1.54) is 11.3 Å². The van der Waals surface area contributed by atoms with E-state index in [1.807, 2.05) is 24.0 Å². The number of thiazole rings is 1. The topological polar surface area (TPSA) is 42.7 Å². The van der Waals surface area contributed by atoms with Gasteiger partial charge in [0.05, 0.1) is 6.20 Å². The first-order chi connectivity index (χ1) is 7.75. The number of hydrogen-bond donors (Lipinski definition) is 1. The van der Waals surface area contributed by atoms with Crippen LogP contribution < -0.4 is 5.32 Å². The van der Waals surface area contributed by atoms with Gasteiger partial charge in [0.15, 0.2) is 0 Å². The van der Waals surface area contributed by atoms with Crippen LogP contribution in [0.15, 0.2) is 18.6 Å². The molecule has 0 unspecified atom stereocenters. The molecule has 0 bridgehead atoms. The minimum Gasteiger partial charge on any atom is -0.338 e. The Morgan fingerprint density at radius 1 is 1.50 bits per heavy atom. The number of hydrogen-bond acceptors (Lipinski definition) is 4. The fourth-order valence-corrected chi connectivity index (χ4v) is 2.33. The SMILES string of the molecule is Cn1ccnc1CCNCc1ncc(Cl)s1. The lowest BCUT2D eigenvalue weighted by Crippen LogP contribution is -2.17. The average molecular weight is 257 g/mol. The number of halogens is 1. The Hall–Kier alpha value is -0.910. The molecule has 0 atom stereocenters. The van der Waals surface area contributed by atoms with Crippen molar-refractivity contribution in [3.8, 4) is 0 Å². The van der Waals surface area contributed by atoms with Gasteiger partial charge in [-0.1, -0.05) is 11.6 Å². The minimum atomic E-state index is 0.737. The Morgan fingerprint density at radius 3 is 3.00 bits per heavy atom. The second-order valence-electron chi connectivity index (χ2n) is 3.44. The molecule has 1 N–H and O–H groups in total. The molecule has 0 spiro atoms. The maximum atomic E-state index is 5.79. The van der Waals surface area contributed by atoms with E-state index in [4.69, 9.17) is 11.6 Å². The van der Waals surface area contributed by atoms with Gasteiger partial charge in [-0.25, -0.2) is 9.97 Å². The van der Waals surface area contributed by atoms with E-state index in [1.54, 1.807) is 6.20 Å². The first kappa shape index (κ1) is 11.6. The normalized spacial score (nSPS) is 10.9. The van der Waals surface area contributed by atoms with Crippen molar-refractivity contribution in [2.75, 3.05) is 6.54 Å². The zero-order chi connectivity index (χ0) is 11.4. The third kappa shape index (κ3) is 3.04. The number of nitrogens with one attached hydrogen (secondary N) is 1. The lowest BCUT2D eigenvalue weighted by atomic mass is 10.4. The molecular weight excluding hydrogens is 244 g/mol. The maximum absolute atomic E-state index is 5.79. The smallest absolute Gasteiger partial charge is 0.113 e. The van der Waals surface area contributed by atoms with Crippen molar-refractivity contribution >= 4 is 22.9 Å². The predicted octanol–water partition coefficient (Wildman–Crippen LogP) is 1.86. The van der Waals surface area contributed by atoms with Crippen molar-refractivity contribution in [2.24, 2.45) is 7.05 Å². The van der Waals surface area contributed by atoms with Crippen LogP contribution in [0.1, 0.15) is 10.8 Å². The molecule has 6 heteroatoms. The highest BCUT2D eigenvalue weighted by Gasteiger charge is 2.01. The van der Waals surface area contributed by atoms with Crippen LogP contribution in [0.25, 0.3) is 0 Å². The van der Waals surface area contributed by atoms with E-state index in [-0.39, 0.29) is 0 Å². The van der Waals surface area contributed by atoms with E-state index in [9.17, 15) is 0 Å². The highest BCUT2D eigenvalue weighted by molar-refractivity contribution is 7.15. The van der Waals surface area contributed by atoms with Crippen LogP contribution in [0, 0.1) is 0 Å². The molecule has 0 saturated carbocycles. The summed E-state index contributed by atoms with van der Waals surface area (Å²) in [6.45, 7) is 1.66. The summed E-state index contributed by atoms with van der Waals surface area (Å²) in [5.41, 5.74) is 0. The number of aryl methyl sites for hydroxylation is 1. The van der Waals surface area contributed by atoms with Crippen LogP contribution in [0.2, 0.25) is 4.34 Å². The molecule has 2 heterocycles. The quantitative estimate of drug-likeness (QED) is 0.831. The molecule has 16 heavy (non-hydrogen) atoms. The van der Waals surface area contributed by atoms with Gasteiger partial charge in [0.25, 0.3) is 0 Å². The van der Waals surface area contributed by atoms with Crippen LogP contribution in [-0.4, -0.2) is 21.1 Å². The molecule has 0 aliphatic heterocycles. The monoisotopic (exact) mass is 256 g/mol. The third-order valence-corrected chi connectivity index (χ3v) is 3.36. The summed E-state index contributed by atoms with van der Waals surface area (Å²) >= 11 is 7.30. The minimum absolute atomic E-state index is 0.737.